The number of rotatable bonds is 4. The Balaban J connectivity index is 2.07. The molecule has 0 aliphatic rings. The van der Waals surface area contributed by atoms with Crippen molar-refractivity contribution in [2.24, 2.45) is 0 Å². The average molecular weight is 261 g/mol. The largest absolute Gasteiger partial charge is 0.451 e. The van der Waals surface area contributed by atoms with Gasteiger partial charge < -0.3 is 20.8 Å². The van der Waals surface area contributed by atoms with Crippen LogP contribution in [-0.2, 0) is 4.79 Å². The molecule has 4 N–H and O–H groups in total. The Hall–Kier alpha value is -2.50. The number of hydrogen-bond acceptors (Lipinski definition) is 4. The molecule has 0 aliphatic carbocycles. The molecule has 1 aromatic carbocycles. The van der Waals surface area contributed by atoms with Crippen molar-refractivity contribution >= 4 is 28.5 Å². The Morgan fingerprint density at radius 3 is 2.79 bits per heavy atom. The number of furan rings is 1. The van der Waals surface area contributed by atoms with E-state index in [1.165, 1.54) is 0 Å². The van der Waals surface area contributed by atoms with Crippen molar-refractivity contribution in [3.8, 4) is 0 Å². The molecular weight excluding hydrogens is 246 g/mol. The first-order chi connectivity index (χ1) is 9.10. The van der Waals surface area contributed by atoms with Crippen molar-refractivity contribution in [3.05, 3.63) is 30.0 Å². The highest BCUT2D eigenvalue weighted by Crippen LogP contribution is 2.21. The maximum atomic E-state index is 11.8. The highest BCUT2D eigenvalue weighted by Gasteiger charge is 2.13. The molecule has 0 saturated carbocycles. The van der Waals surface area contributed by atoms with Gasteiger partial charge in [-0.2, -0.15) is 0 Å². The van der Waals surface area contributed by atoms with E-state index in [1.807, 2.05) is 6.92 Å². The van der Waals surface area contributed by atoms with Crippen molar-refractivity contribution in [2.45, 2.75) is 6.92 Å². The van der Waals surface area contributed by atoms with Crippen LogP contribution in [0.1, 0.15) is 17.5 Å². The van der Waals surface area contributed by atoms with Gasteiger partial charge >= 0.3 is 0 Å². The second-order valence-corrected chi connectivity index (χ2v) is 4.04. The molecule has 0 unspecified atom stereocenters. The standard InChI is InChI=1S/C13H15N3O3/c1-2-15-12(17)7-16-13(18)11-6-8-5-9(14)3-4-10(8)19-11/h3-6H,2,7,14H2,1H3,(H,15,17)(H,16,18). The molecular formula is C13H15N3O3. The Kier molecular flexibility index (Phi) is 3.70. The van der Waals surface area contributed by atoms with E-state index in [-0.39, 0.29) is 18.2 Å². The number of anilines is 1. The quantitative estimate of drug-likeness (QED) is 0.712. The topological polar surface area (TPSA) is 97.4 Å². The molecule has 0 spiro atoms. The zero-order valence-corrected chi connectivity index (χ0v) is 10.5. The number of carbonyl (C=O) groups is 2. The van der Waals surface area contributed by atoms with Crippen molar-refractivity contribution < 1.29 is 14.0 Å². The van der Waals surface area contributed by atoms with Crippen LogP contribution in [0, 0.1) is 0 Å². The van der Waals surface area contributed by atoms with E-state index in [9.17, 15) is 9.59 Å². The van der Waals surface area contributed by atoms with Crippen molar-refractivity contribution in [1.29, 1.82) is 0 Å². The summed E-state index contributed by atoms with van der Waals surface area (Å²) >= 11 is 0. The summed E-state index contributed by atoms with van der Waals surface area (Å²) < 4.78 is 5.38. The SMILES string of the molecule is CCNC(=O)CNC(=O)c1cc2cc(N)ccc2o1. The zero-order valence-electron chi connectivity index (χ0n) is 10.5. The predicted octanol–water partition coefficient (Wildman–Crippen LogP) is 0.881. The minimum Gasteiger partial charge on any atom is -0.451 e. The highest BCUT2D eigenvalue weighted by atomic mass is 16.3. The second-order valence-electron chi connectivity index (χ2n) is 4.04. The summed E-state index contributed by atoms with van der Waals surface area (Å²) in [6, 6.07) is 6.71. The lowest BCUT2D eigenvalue weighted by atomic mass is 10.2. The maximum Gasteiger partial charge on any atom is 0.287 e. The Bertz CT molecular complexity index is 619. The van der Waals surface area contributed by atoms with Gasteiger partial charge in [0, 0.05) is 17.6 Å². The van der Waals surface area contributed by atoms with Gasteiger partial charge in [-0.3, -0.25) is 9.59 Å². The number of benzene rings is 1. The van der Waals surface area contributed by atoms with Gasteiger partial charge in [0.1, 0.15) is 5.58 Å². The van der Waals surface area contributed by atoms with E-state index in [0.717, 1.165) is 5.39 Å². The summed E-state index contributed by atoms with van der Waals surface area (Å²) in [4.78, 5) is 23.0. The number of hydrogen-bond donors (Lipinski definition) is 3. The van der Waals surface area contributed by atoms with Crippen LogP contribution in [-0.4, -0.2) is 24.9 Å². The molecule has 2 amide bonds. The maximum absolute atomic E-state index is 11.8. The van der Waals surface area contributed by atoms with E-state index in [4.69, 9.17) is 10.2 Å². The molecule has 0 fully saturated rings. The van der Waals surface area contributed by atoms with Crippen LogP contribution in [0.25, 0.3) is 11.0 Å². The predicted molar refractivity (Wildman–Crippen MR) is 71.6 cm³/mol. The Labute approximate surface area is 109 Å². The van der Waals surface area contributed by atoms with Gasteiger partial charge in [0.15, 0.2) is 5.76 Å². The van der Waals surface area contributed by atoms with Crippen LogP contribution in [0.2, 0.25) is 0 Å². The van der Waals surface area contributed by atoms with E-state index in [2.05, 4.69) is 10.6 Å². The van der Waals surface area contributed by atoms with Gasteiger partial charge in [-0.25, -0.2) is 0 Å². The lowest BCUT2D eigenvalue weighted by Crippen LogP contribution is -2.36. The minimum atomic E-state index is -0.430. The first kappa shape index (κ1) is 12.9. The Morgan fingerprint density at radius 1 is 1.26 bits per heavy atom. The van der Waals surface area contributed by atoms with E-state index in [1.54, 1.807) is 24.3 Å². The molecule has 6 nitrogen and oxygen atoms in total. The zero-order chi connectivity index (χ0) is 13.8. The lowest BCUT2D eigenvalue weighted by Gasteiger charge is -2.02. The second kappa shape index (κ2) is 5.43. The van der Waals surface area contributed by atoms with Crippen LogP contribution in [0.3, 0.4) is 0 Å². The number of nitrogens with one attached hydrogen (secondary N) is 2. The first-order valence-corrected chi connectivity index (χ1v) is 5.94. The molecule has 2 rings (SSSR count). The van der Waals surface area contributed by atoms with Crippen LogP contribution in [0.15, 0.2) is 28.7 Å². The molecule has 0 atom stereocenters. The molecule has 0 radical (unpaired) electrons. The fourth-order valence-corrected chi connectivity index (χ4v) is 1.68. The van der Waals surface area contributed by atoms with Crippen molar-refractivity contribution in [1.82, 2.24) is 10.6 Å². The fourth-order valence-electron chi connectivity index (χ4n) is 1.68. The summed E-state index contributed by atoms with van der Waals surface area (Å²) in [5.41, 5.74) is 6.83. The summed E-state index contributed by atoms with van der Waals surface area (Å²) in [6.07, 6.45) is 0. The van der Waals surface area contributed by atoms with Gasteiger partial charge in [0.05, 0.1) is 6.54 Å². The molecule has 1 heterocycles. The van der Waals surface area contributed by atoms with Gasteiger partial charge in [-0.15, -0.1) is 0 Å². The highest BCUT2D eigenvalue weighted by molar-refractivity contribution is 5.98. The van der Waals surface area contributed by atoms with E-state index < -0.39 is 5.91 Å². The number of carbonyl (C=O) groups excluding carboxylic acids is 2. The van der Waals surface area contributed by atoms with Crippen molar-refractivity contribution in [2.75, 3.05) is 18.8 Å². The first-order valence-electron chi connectivity index (χ1n) is 5.94. The number of likely N-dealkylation sites (N-methyl/N-ethyl adjacent to an activating group) is 1. The normalized spacial score (nSPS) is 10.4. The smallest absolute Gasteiger partial charge is 0.287 e. The molecule has 19 heavy (non-hydrogen) atoms. The van der Waals surface area contributed by atoms with Gasteiger partial charge in [0.2, 0.25) is 5.91 Å². The summed E-state index contributed by atoms with van der Waals surface area (Å²) in [6.45, 7) is 2.26. The lowest BCUT2D eigenvalue weighted by molar-refractivity contribution is -0.120. The summed E-state index contributed by atoms with van der Waals surface area (Å²) in [5, 5.41) is 5.82. The average Bonchev–Trinajstić information content (AvgIpc) is 2.79. The molecule has 0 saturated heterocycles. The molecule has 6 heteroatoms. The monoisotopic (exact) mass is 261 g/mol. The number of nitrogens with two attached hydrogens (primary N) is 1. The third-order valence-corrected chi connectivity index (χ3v) is 2.55. The molecule has 0 aliphatic heterocycles. The summed E-state index contributed by atoms with van der Waals surface area (Å²) in [7, 11) is 0. The number of nitrogen functional groups attached to an aromatic ring is 1. The third-order valence-electron chi connectivity index (χ3n) is 2.55. The molecule has 100 valence electrons. The van der Waals surface area contributed by atoms with Crippen LogP contribution < -0.4 is 16.4 Å². The molecule has 1 aromatic heterocycles. The van der Waals surface area contributed by atoms with Crippen molar-refractivity contribution in [3.63, 3.8) is 0 Å². The van der Waals surface area contributed by atoms with Gasteiger partial charge in [-0.1, -0.05) is 0 Å². The number of fused-ring (bicyclic) bond motifs is 1. The van der Waals surface area contributed by atoms with E-state index >= 15 is 0 Å². The minimum absolute atomic E-state index is 0.0775. The third kappa shape index (κ3) is 3.04. The van der Waals surface area contributed by atoms with E-state index in [0.29, 0.717) is 17.8 Å². The fraction of sp³-hybridized carbons (Fsp3) is 0.231. The van der Waals surface area contributed by atoms with Gasteiger partial charge in [0.25, 0.3) is 5.91 Å². The van der Waals surface area contributed by atoms with Crippen LogP contribution in [0.4, 0.5) is 5.69 Å². The van der Waals surface area contributed by atoms with Gasteiger partial charge in [-0.05, 0) is 31.2 Å². The van der Waals surface area contributed by atoms with Crippen LogP contribution in [0.5, 0.6) is 0 Å². The number of amides is 2. The molecule has 2 aromatic rings. The summed E-state index contributed by atoms with van der Waals surface area (Å²) in [5.74, 6) is -0.512. The molecule has 0 bridgehead atoms. The van der Waals surface area contributed by atoms with Crippen LogP contribution >= 0.6 is 0 Å². The Morgan fingerprint density at radius 2 is 2.05 bits per heavy atom.